The first kappa shape index (κ1) is 12.0. The van der Waals surface area contributed by atoms with Crippen LogP contribution in [-0.2, 0) is 0 Å². The van der Waals surface area contributed by atoms with Gasteiger partial charge < -0.3 is 4.90 Å². The maximum Gasteiger partial charge on any atom is 0.263 e. The zero-order chi connectivity index (χ0) is 13.1. The van der Waals surface area contributed by atoms with Crippen LogP contribution in [0.25, 0.3) is 0 Å². The predicted molar refractivity (Wildman–Crippen MR) is 77.3 cm³/mol. The maximum atomic E-state index is 12.0. The molecular formula is C16H13NOS. The van der Waals surface area contributed by atoms with Crippen LogP contribution in [0.1, 0.15) is 26.5 Å². The van der Waals surface area contributed by atoms with Gasteiger partial charge in [0.1, 0.15) is 0 Å². The van der Waals surface area contributed by atoms with Crippen LogP contribution in [0.15, 0.2) is 42.5 Å². The number of rotatable bonds is 1. The summed E-state index contributed by atoms with van der Waals surface area (Å²) in [5.41, 5.74) is 0.992. The summed E-state index contributed by atoms with van der Waals surface area (Å²) in [5, 5.41) is 0. The molecule has 3 rings (SSSR count). The van der Waals surface area contributed by atoms with E-state index in [0.717, 1.165) is 34.8 Å². The van der Waals surface area contributed by atoms with Crippen molar-refractivity contribution in [1.29, 1.82) is 0 Å². The fraction of sp³-hybridized carbons (Fsp3) is 0.188. The van der Waals surface area contributed by atoms with Gasteiger partial charge >= 0.3 is 0 Å². The van der Waals surface area contributed by atoms with Crippen LogP contribution in [0.3, 0.4) is 0 Å². The Labute approximate surface area is 116 Å². The van der Waals surface area contributed by atoms with E-state index in [1.54, 1.807) is 0 Å². The number of carbonyl (C=O) groups excluding carboxylic acids is 1. The Kier molecular flexibility index (Phi) is 3.35. The lowest BCUT2D eigenvalue weighted by Gasteiger charge is -2.30. The maximum absolute atomic E-state index is 12.0. The van der Waals surface area contributed by atoms with Crippen LogP contribution in [-0.4, -0.2) is 23.9 Å². The van der Waals surface area contributed by atoms with Gasteiger partial charge in [-0.3, -0.25) is 4.79 Å². The zero-order valence-electron chi connectivity index (χ0n) is 10.4. The summed E-state index contributed by atoms with van der Waals surface area (Å²) in [7, 11) is 0. The molecule has 19 heavy (non-hydrogen) atoms. The van der Waals surface area contributed by atoms with Crippen molar-refractivity contribution < 1.29 is 4.79 Å². The summed E-state index contributed by atoms with van der Waals surface area (Å²) in [4.78, 5) is 15.6. The van der Waals surface area contributed by atoms with Crippen LogP contribution >= 0.6 is 11.3 Å². The third-order valence-corrected chi connectivity index (χ3v) is 4.05. The van der Waals surface area contributed by atoms with Gasteiger partial charge in [0.05, 0.1) is 9.75 Å². The fourth-order valence-corrected chi connectivity index (χ4v) is 2.68. The van der Waals surface area contributed by atoms with Gasteiger partial charge in [-0.15, -0.1) is 11.3 Å². The Morgan fingerprint density at radius 1 is 1.05 bits per heavy atom. The average molecular weight is 267 g/mol. The van der Waals surface area contributed by atoms with Crippen LogP contribution < -0.4 is 0 Å². The minimum absolute atomic E-state index is 0.143. The number of thiophene rings is 1. The molecular weight excluding hydrogens is 254 g/mol. The lowest BCUT2D eigenvalue weighted by molar-refractivity contribution is 0.0657. The number of likely N-dealkylation sites (tertiary alicyclic amines) is 1. The molecule has 0 N–H and O–H groups in total. The summed E-state index contributed by atoms with van der Waals surface area (Å²) in [6, 6.07) is 13.7. The number of nitrogens with zero attached hydrogens (tertiary/aromatic N) is 1. The average Bonchev–Trinajstić information content (AvgIpc) is 2.84. The molecule has 0 unspecified atom stereocenters. The van der Waals surface area contributed by atoms with Gasteiger partial charge in [0.25, 0.3) is 5.91 Å². The van der Waals surface area contributed by atoms with Crippen molar-refractivity contribution in [3.05, 3.63) is 57.8 Å². The SMILES string of the molecule is O=C(c1ccc(C#Cc2ccccc2)s1)N1CCC1. The van der Waals surface area contributed by atoms with Crippen molar-refractivity contribution in [3.63, 3.8) is 0 Å². The van der Waals surface area contributed by atoms with Crippen molar-refractivity contribution in [1.82, 2.24) is 4.90 Å². The van der Waals surface area contributed by atoms with Crippen LogP contribution in [0, 0.1) is 11.8 Å². The van der Waals surface area contributed by atoms with Crippen molar-refractivity contribution in [2.75, 3.05) is 13.1 Å². The first-order valence-corrected chi connectivity index (χ1v) is 7.11. The largest absolute Gasteiger partial charge is 0.338 e. The Morgan fingerprint density at radius 3 is 2.53 bits per heavy atom. The summed E-state index contributed by atoms with van der Waals surface area (Å²) in [5.74, 6) is 6.36. The number of benzene rings is 1. The van der Waals surface area contributed by atoms with Gasteiger partial charge in [-0.1, -0.05) is 30.0 Å². The molecule has 2 nitrogen and oxygen atoms in total. The molecule has 0 radical (unpaired) electrons. The lowest BCUT2D eigenvalue weighted by atomic mass is 10.2. The monoisotopic (exact) mass is 267 g/mol. The van der Waals surface area contributed by atoms with Crippen molar-refractivity contribution in [2.45, 2.75) is 6.42 Å². The molecule has 0 aliphatic carbocycles. The van der Waals surface area contributed by atoms with Gasteiger partial charge in [0.2, 0.25) is 0 Å². The van der Waals surface area contributed by atoms with Crippen molar-refractivity contribution >= 4 is 17.2 Å². The number of hydrogen-bond acceptors (Lipinski definition) is 2. The number of hydrogen-bond donors (Lipinski definition) is 0. The molecule has 0 atom stereocenters. The Hall–Kier alpha value is -2.05. The van der Waals surface area contributed by atoms with E-state index in [-0.39, 0.29) is 5.91 Å². The standard InChI is InChI=1S/C16H13NOS/c18-16(17-11-4-12-17)15-10-9-14(19-15)8-7-13-5-2-1-3-6-13/h1-3,5-6,9-10H,4,11-12H2. The van der Waals surface area contributed by atoms with Gasteiger partial charge in [-0.25, -0.2) is 0 Å². The Balaban J connectivity index is 1.75. The second kappa shape index (κ2) is 5.29. The van der Waals surface area contributed by atoms with Gasteiger partial charge in [0.15, 0.2) is 0 Å². The third-order valence-electron chi connectivity index (χ3n) is 3.06. The highest BCUT2D eigenvalue weighted by Crippen LogP contribution is 2.20. The third kappa shape index (κ3) is 2.69. The quantitative estimate of drug-likeness (QED) is 0.727. The summed E-state index contributed by atoms with van der Waals surface area (Å²) in [6.07, 6.45) is 1.12. The molecule has 1 aliphatic rings. The molecule has 1 saturated heterocycles. The first-order chi connectivity index (χ1) is 9.33. The zero-order valence-corrected chi connectivity index (χ0v) is 11.2. The van der Waals surface area contributed by atoms with Crippen molar-refractivity contribution in [2.24, 2.45) is 0 Å². The summed E-state index contributed by atoms with van der Waals surface area (Å²) >= 11 is 1.47. The van der Waals surface area contributed by atoms with E-state index in [9.17, 15) is 4.79 Å². The Bertz CT molecular complexity index is 644. The Morgan fingerprint density at radius 2 is 1.84 bits per heavy atom. The van der Waals surface area contributed by atoms with Crippen molar-refractivity contribution in [3.8, 4) is 11.8 Å². The van der Waals surface area contributed by atoms with Gasteiger partial charge in [0, 0.05) is 18.7 Å². The molecule has 2 aromatic rings. The number of carbonyl (C=O) groups is 1. The topological polar surface area (TPSA) is 20.3 Å². The molecule has 3 heteroatoms. The molecule has 2 heterocycles. The molecule has 94 valence electrons. The fourth-order valence-electron chi connectivity index (χ4n) is 1.85. The van der Waals surface area contributed by atoms with E-state index in [1.807, 2.05) is 47.4 Å². The molecule has 1 aromatic heterocycles. The van der Waals surface area contributed by atoms with E-state index < -0.39 is 0 Å². The molecule has 1 aromatic carbocycles. The van der Waals surface area contributed by atoms with E-state index in [4.69, 9.17) is 0 Å². The van der Waals surface area contributed by atoms with E-state index in [1.165, 1.54) is 11.3 Å². The smallest absolute Gasteiger partial charge is 0.263 e. The molecule has 1 aliphatic heterocycles. The van der Waals surface area contributed by atoms with Crippen LogP contribution in [0.2, 0.25) is 0 Å². The first-order valence-electron chi connectivity index (χ1n) is 6.29. The van der Waals surface area contributed by atoms with Gasteiger partial charge in [-0.05, 0) is 30.7 Å². The normalized spacial score (nSPS) is 13.4. The minimum Gasteiger partial charge on any atom is -0.338 e. The molecule has 1 amide bonds. The second-order valence-corrected chi connectivity index (χ2v) is 5.51. The lowest BCUT2D eigenvalue weighted by Crippen LogP contribution is -2.41. The second-order valence-electron chi connectivity index (χ2n) is 4.43. The number of amides is 1. The highest BCUT2D eigenvalue weighted by atomic mass is 32.1. The summed E-state index contributed by atoms with van der Waals surface area (Å²) in [6.45, 7) is 1.78. The molecule has 0 bridgehead atoms. The molecule has 0 spiro atoms. The predicted octanol–water partition coefficient (Wildman–Crippen LogP) is 2.99. The summed E-state index contributed by atoms with van der Waals surface area (Å²) < 4.78 is 0. The van der Waals surface area contributed by atoms with E-state index in [0.29, 0.717) is 0 Å². The van der Waals surface area contributed by atoms with Gasteiger partial charge in [-0.2, -0.15) is 0 Å². The molecule has 0 saturated carbocycles. The highest BCUT2D eigenvalue weighted by Gasteiger charge is 2.22. The molecule has 1 fully saturated rings. The van der Waals surface area contributed by atoms with E-state index >= 15 is 0 Å². The van der Waals surface area contributed by atoms with Crippen LogP contribution in [0.4, 0.5) is 0 Å². The van der Waals surface area contributed by atoms with Crippen LogP contribution in [0.5, 0.6) is 0 Å². The highest BCUT2D eigenvalue weighted by molar-refractivity contribution is 7.14. The minimum atomic E-state index is 0.143. The van der Waals surface area contributed by atoms with E-state index in [2.05, 4.69) is 11.8 Å².